The van der Waals surface area contributed by atoms with Crippen molar-refractivity contribution in [3.8, 4) is 22.3 Å². The summed E-state index contributed by atoms with van der Waals surface area (Å²) >= 11 is 0. The monoisotopic (exact) mass is 508 g/mol. The SMILES string of the molecule is O=Cc1ccc2c(c1)C1(c3ccccc3-c3ccccc31)c1ccccc1C21c2ccccc2-c2ccccc21. The zero-order valence-corrected chi connectivity index (χ0v) is 21.8. The second-order valence-corrected chi connectivity index (χ2v) is 11.2. The third-order valence-corrected chi connectivity index (χ3v) is 9.63. The van der Waals surface area contributed by atoms with Crippen molar-refractivity contribution in [2.24, 2.45) is 0 Å². The Morgan fingerprint density at radius 2 is 0.675 bits per heavy atom. The van der Waals surface area contributed by atoms with Crippen LogP contribution < -0.4 is 0 Å². The molecule has 9 rings (SSSR count). The first kappa shape index (κ1) is 21.9. The minimum absolute atomic E-state index is 0.488. The van der Waals surface area contributed by atoms with Gasteiger partial charge < -0.3 is 0 Å². The molecule has 0 amide bonds. The van der Waals surface area contributed by atoms with Gasteiger partial charge in [-0.05, 0) is 72.8 Å². The van der Waals surface area contributed by atoms with Crippen molar-refractivity contribution in [2.75, 3.05) is 0 Å². The van der Waals surface area contributed by atoms with Gasteiger partial charge in [0.15, 0.2) is 0 Å². The summed E-state index contributed by atoms with van der Waals surface area (Å²) < 4.78 is 0. The fraction of sp³-hybridized carbons (Fsp3) is 0.0513. The maximum absolute atomic E-state index is 12.3. The predicted octanol–water partition coefficient (Wildman–Crippen LogP) is 8.54. The molecule has 0 aromatic heterocycles. The minimum Gasteiger partial charge on any atom is -0.298 e. The van der Waals surface area contributed by atoms with Gasteiger partial charge in [-0.2, -0.15) is 0 Å². The van der Waals surface area contributed by atoms with E-state index in [1.54, 1.807) is 0 Å². The molecule has 40 heavy (non-hydrogen) atoms. The maximum Gasteiger partial charge on any atom is 0.150 e. The number of benzene rings is 6. The van der Waals surface area contributed by atoms with Gasteiger partial charge in [-0.3, -0.25) is 4.79 Å². The summed E-state index contributed by atoms with van der Waals surface area (Å²) in [5.74, 6) is 0. The van der Waals surface area contributed by atoms with Gasteiger partial charge in [0.1, 0.15) is 6.29 Å². The van der Waals surface area contributed by atoms with E-state index >= 15 is 0 Å². The highest BCUT2D eigenvalue weighted by molar-refractivity contribution is 5.94. The van der Waals surface area contributed by atoms with Gasteiger partial charge in [-0.1, -0.05) is 133 Å². The van der Waals surface area contributed by atoms with Gasteiger partial charge in [-0.25, -0.2) is 0 Å². The van der Waals surface area contributed by atoms with Crippen LogP contribution in [-0.2, 0) is 10.8 Å². The molecule has 0 saturated heterocycles. The van der Waals surface area contributed by atoms with Crippen LogP contribution in [0.15, 0.2) is 140 Å². The van der Waals surface area contributed by atoms with Crippen molar-refractivity contribution in [1.29, 1.82) is 0 Å². The molecule has 0 radical (unpaired) electrons. The number of rotatable bonds is 1. The molecule has 3 aliphatic rings. The average Bonchev–Trinajstić information content (AvgIpc) is 3.49. The second-order valence-electron chi connectivity index (χ2n) is 11.2. The van der Waals surface area contributed by atoms with E-state index in [0.717, 1.165) is 6.29 Å². The first-order chi connectivity index (χ1) is 19.8. The number of aldehydes is 1. The first-order valence-electron chi connectivity index (χ1n) is 13.9. The lowest BCUT2D eigenvalue weighted by molar-refractivity contribution is 0.112. The molecule has 6 aromatic carbocycles. The van der Waals surface area contributed by atoms with Crippen LogP contribution in [0.4, 0.5) is 0 Å². The number of carbonyl (C=O) groups is 1. The summed E-state index contributed by atoms with van der Waals surface area (Å²) in [6.07, 6.45) is 0.991. The van der Waals surface area contributed by atoms with E-state index < -0.39 is 10.8 Å². The molecule has 1 heteroatoms. The topological polar surface area (TPSA) is 17.1 Å². The molecule has 0 bridgehead atoms. The van der Waals surface area contributed by atoms with Crippen molar-refractivity contribution < 1.29 is 4.79 Å². The van der Waals surface area contributed by atoms with Crippen molar-refractivity contribution in [1.82, 2.24) is 0 Å². The molecule has 6 aromatic rings. The van der Waals surface area contributed by atoms with Crippen LogP contribution in [0.1, 0.15) is 54.9 Å². The summed E-state index contributed by atoms with van der Waals surface area (Å²) in [4.78, 5) is 12.3. The number of hydrogen-bond acceptors (Lipinski definition) is 1. The van der Waals surface area contributed by atoms with E-state index in [9.17, 15) is 4.79 Å². The normalized spacial score (nSPS) is 15.5. The molecule has 2 spiro atoms. The molecule has 0 atom stereocenters. The van der Waals surface area contributed by atoms with Crippen LogP contribution in [0.3, 0.4) is 0 Å². The Labute approximate surface area is 233 Å². The lowest BCUT2D eigenvalue weighted by atomic mass is 9.52. The Bertz CT molecular complexity index is 1950. The lowest BCUT2D eigenvalue weighted by Crippen LogP contribution is -2.43. The van der Waals surface area contributed by atoms with E-state index in [1.807, 2.05) is 6.07 Å². The van der Waals surface area contributed by atoms with Crippen LogP contribution >= 0.6 is 0 Å². The third kappa shape index (κ3) is 2.31. The molecule has 0 heterocycles. The molecule has 0 N–H and O–H groups in total. The Hall–Kier alpha value is -5.01. The number of carbonyl (C=O) groups excluding carboxylic acids is 1. The highest BCUT2D eigenvalue weighted by Crippen LogP contribution is 2.67. The Kier molecular flexibility index (Phi) is 4.13. The zero-order chi connectivity index (χ0) is 26.5. The minimum atomic E-state index is -0.532. The maximum atomic E-state index is 12.3. The molecule has 0 saturated carbocycles. The van der Waals surface area contributed by atoms with Crippen molar-refractivity contribution >= 4 is 6.29 Å². The molecule has 0 aliphatic heterocycles. The first-order valence-corrected chi connectivity index (χ1v) is 13.9. The van der Waals surface area contributed by atoms with Crippen LogP contribution in [0.2, 0.25) is 0 Å². The smallest absolute Gasteiger partial charge is 0.150 e. The van der Waals surface area contributed by atoms with Gasteiger partial charge in [-0.15, -0.1) is 0 Å². The van der Waals surface area contributed by atoms with Crippen LogP contribution in [0, 0.1) is 0 Å². The quantitative estimate of drug-likeness (QED) is 0.203. The highest BCUT2D eigenvalue weighted by Gasteiger charge is 2.58. The van der Waals surface area contributed by atoms with Crippen molar-refractivity contribution in [3.05, 3.63) is 190 Å². The Balaban J connectivity index is 1.55. The second kappa shape index (κ2) is 7.55. The van der Waals surface area contributed by atoms with Gasteiger partial charge in [0.2, 0.25) is 0 Å². The van der Waals surface area contributed by atoms with E-state index in [4.69, 9.17) is 0 Å². The van der Waals surface area contributed by atoms with E-state index in [-0.39, 0.29) is 0 Å². The summed E-state index contributed by atoms with van der Waals surface area (Å²) in [5.41, 5.74) is 15.0. The van der Waals surface area contributed by atoms with E-state index in [2.05, 4.69) is 133 Å². The fourth-order valence-corrected chi connectivity index (χ4v) is 8.33. The number of fused-ring (bicyclic) bond motifs is 16. The summed E-state index contributed by atoms with van der Waals surface area (Å²) in [7, 11) is 0. The highest BCUT2D eigenvalue weighted by atomic mass is 16.1. The lowest BCUT2D eigenvalue weighted by Gasteiger charge is -2.49. The molecular weight excluding hydrogens is 484 g/mol. The van der Waals surface area contributed by atoms with Gasteiger partial charge in [0, 0.05) is 5.56 Å². The Morgan fingerprint density at radius 3 is 1.07 bits per heavy atom. The van der Waals surface area contributed by atoms with Crippen molar-refractivity contribution in [2.45, 2.75) is 10.8 Å². The largest absolute Gasteiger partial charge is 0.298 e. The van der Waals surface area contributed by atoms with Crippen LogP contribution in [-0.4, -0.2) is 6.29 Å². The molecular formula is C39H24O. The average molecular weight is 509 g/mol. The van der Waals surface area contributed by atoms with Gasteiger partial charge in [0.05, 0.1) is 10.8 Å². The summed E-state index contributed by atoms with van der Waals surface area (Å²) in [5, 5.41) is 0. The predicted molar refractivity (Wildman–Crippen MR) is 160 cm³/mol. The summed E-state index contributed by atoms with van der Waals surface area (Å²) in [6.45, 7) is 0. The molecule has 3 aliphatic carbocycles. The molecule has 186 valence electrons. The van der Waals surface area contributed by atoms with E-state index in [0.29, 0.717) is 5.56 Å². The van der Waals surface area contributed by atoms with Crippen LogP contribution in [0.25, 0.3) is 22.3 Å². The fourth-order valence-electron chi connectivity index (χ4n) is 8.33. The summed E-state index contributed by atoms with van der Waals surface area (Å²) in [6, 6.07) is 50.9. The number of hydrogen-bond donors (Lipinski definition) is 0. The zero-order valence-electron chi connectivity index (χ0n) is 21.8. The van der Waals surface area contributed by atoms with Crippen molar-refractivity contribution in [3.63, 3.8) is 0 Å². The molecule has 0 fully saturated rings. The van der Waals surface area contributed by atoms with Gasteiger partial charge >= 0.3 is 0 Å². The molecule has 0 unspecified atom stereocenters. The van der Waals surface area contributed by atoms with E-state index in [1.165, 1.54) is 66.8 Å². The van der Waals surface area contributed by atoms with Crippen LogP contribution in [0.5, 0.6) is 0 Å². The standard InChI is InChI=1S/C39H24O/c40-24-25-21-22-36-37(23-25)39(32-17-7-3-13-28(32)29-14-4-8-18-33(29)39)35-20-10-9-19-34(35)38(36)30-15-5-1-11-26(30)27-12-2-6-16-31(27)38/h1-24H. The van der Waals surface area contributed by atoms with Gasteiger partial charge in [0.25, 0.3) is 0 Å². The Morgan fingerprint density at radius 1 is 0.350 bits per heavy atom. The molecule has 1 nitrogen and oxygen atoms in total. The third-order valence-electron chi connectivity index (χ3n) is 9.63.